The minimum absolute atomic E-state index is 0.534. The highest BCUT2D eigenvalue weighted by molar-refractivity contribution is 6.15. The van der Waals surface area contributed by atoms with Crippen LogP contribution < -0.4 is 9.80 Å². The van der Waals surface area contributed by atoms with Gasteiger partial charge in [0.2, 0.25) is 0 Å². The Bertz CT molecular complexity index is 5420. The van der Waals surface area contributed by atoms with Crippen molar-refractivity contribution in [3.63, 3.8) is 0 Å². The molecular weight excluding hydrogens is 1150 g/mol. The minimum Gasteiger partial charge on any atom is -0.310 e. The highest BCUT2D eigenvalue weighted by atomic mass is 15.1. The average molecular weight is 1210 g/mol. The molecule has 3 heteroatoms. The third kappa shape index (κ3) is 8.81. The summed E-state index contributed by atoms with van der Waals surface area (Å²) in [7, 11) is 0. The summed E-state index contributed by atoms with van der Waals surface area (Å²) in [5.74, 6) is 0. The van der Waals surface area contributed by atoms with Gasteiger partial charge in [-0.05, 0) is 187 Å². The van der Waals surface area contributed by atoms with Crippen molar-refractivity contribution in [1.29, 1.82) is 0 Å². The van der Waals surface area contributed by atoms with E-state index in [1.807, 2.05) is 0 Å². The molecule has 0 saturated heterocycles. The van der Waals surface area contributed by atoms with E-state index in [0.717, 1.165) is 73.1 Å². The number of fused-ring (bicyclic) bond motifs is 9. The van der Waals surface area contributed by atoms with Gasteiger partial charge in [-0.15, -0.1) is 0 Å². The van der Waals surface area contributed by atoms with Gasteiger partial charge in [0.25, 0.3) is 0 Å². The van der Waals surface area contributed by atoms with Gasteiger partial charge in [-0.2, -0.15) is 0 Å². The number of aromatic nitrogens is 1. The molecule has 0 bridgehead atoms. The molecule has 1 heterocycles. The summed E-state index contributed by atoms with van der Waals surface area (Å²) in [5, 5.41) is 2.40. The van der Waals surface area contributed by atoms with Crippen molar-refractivity contribution in [3.8, 4) is 50.2 Å². The van der Waals surface area contributed by atoms with Crippen LogP contribution in [0.2, 0.25) is 0 Å². The Labute approximate surface area is 554 Å². The van der Waals surface area contributed by atoms with Crippen LogP contribution in [0.25, 0.3) is 72.0 Å². The van der Waals surface area contributed by atoms with Crippen molar-refractivity contribution in [1.82, 2.24) is 4.57 Å². The maximum Gasteiger partial charge on any atom is 0.0714 e. The molecule has 0 radical (unpaired) electrons. The Morgan fingerprint density at radius 2 is 0.558 bits per heavy atom. The molecule has 2 aliphatic carbocycles. The lowest BCUT2D eigenvalue weighted by molar-refractivity contribution is 0.768. The van der Waals surface area contributed by atoms with E-state index in [1.165, 1.54) is 77.5 Å². The lowest BCUT2D eigenvalue weighted by atomic mass is 9.67. The first-order chi connectivity index (χ1) is 47.1. The third-order valence-corrected chi connectivity index (χ3v) is 20.1. The summed E-state index contributed by atoms with van der Waals surface area (Å²) in [5.41, 5.74) is 28.5. The van der Waals surface area contributed by atoms with Crippen LogP contribution in [0.5, 0.6) is 0 Å². The second-order valence-electron chi connectivity index (χ2n) is 25.1. The van der Waals surface area contributed by atoms with Crippen LogP contribution >= 0.6 is 0 Å². The molecule has 0 fully saturated rings. The Balaban J connectivity index is 0.780. The topological polar surface area (TPSA) is 11.4 Å². The molecule has 3 nitrogen and oxygen atoms in total. The van der Waals surface area contributed by atoms with E-state index in [2.05, 4.69) is 397 Å². The van der Waals surface area contributed by atoms with E-state index >= 15 is 0 Å². The van der Waals surface area contributed by atoms with E-state index in [-0.39, 0.29) is 0 Å². The summed E-state index contributed by atoms with van der Waals surface area (Å²) in [6, 6.07) is 141. The van der Waals surface area contributed by atoms with Crippen molar-refractivity contribution in [2.24, 2.45) is 0 Å². The molecule has 0 saturated carbocycles. The summed E-state index contributed by atoms with van der Waals surface area (Å²) < 4.78 is 2.46. The quantitative estimate of drug-likeness (QED) is 0.114. The average Bonchev–Trinajstić information content (AvgIpc) is 1.58. The molecule has 0 aliphatic heterocycles. The molecule has 0 amide bonds. The first-order valence-corrected chi connectivity index (χ1v) is 32.9. The Hall–Kier alpha value is -12.3. The van der Waals surface area contributed by atoms with Crippen molar-refractivity contribution in [2.45, 2.75) is 10.8 Å². The highest BCUT2D eigenvalue weighted by Gasteiger charge is 2.48. The lowest BCUT2D eigenvalue weighted by Gasteiger charge is -2.35. The lowest BCUT2D eigenvalue weighted by Crippen LogP contribution is -2.28. The van der Waals surface area contributed by atoms with Crippen LogP contribution in [0.15, 0.2) is 382 Å². The highest BCUT2D eigenvalue weighted by Crippen LogP contribution is 2.59. The van der Waals surface area contributed by atoms with Gasteiger partial charge in [0, 0.05) is 56.1 Å². The zero-order valence-corrected chi connectivity index (χ0v) is 52.2. The van der Waals surface area contributed by atoms with E-state index < -0.39 is 10.8 Å². The number of hydrogen-bond acceptors (Lipinski definition) is 2. The molecule has 1 aromatic heterocycles. The Morgan fingerprint density at radius 1 is 0.211 bits per heavy atom. The van der Waals surface area contributed by atoms with Crippen molar-refractivity contribution in [3.05, 3.63) is 427 Å². The molecule has 2 aliphatic rings. The van der Waals surface area contributed by atoms with Crippen molar-refractivity contribution in [2.75, 3.05) is 9.80 Å². The fraction of sp³-hybridized carbons (Fsp3) is 0.0217. The fourth-order valence-corrected chi connectivity index (χ4v) is 16.1. The summed E-state index contributed by atoms with van der Waals surface area (Å²) in [4.78, 5) is 4.84. The molecule has 446 valence electrons. The molecule has 0 spiro atoms. The predicted octanol–water partition coefficient (Wildman–Crippen LogP) is 23.8. The maximum absolute atomic E-state index is 2.46. The minimum atomic E-state index is -0.541. The van der Waals surface area contributed by atoms with Gasteiger partial charge >= 0.3 is 0 Å². The zero-order valence-electron chi connectivity index (χ0n) is 52.2. The van der Waals surface area contributed by atoms with Gasteiger partial charge in [-0.25, -0.2) is 0 Å². The van der Waals surface area contributed by atoms with Crippen molar-refractivity contribution >= 4 is 55.9 Å². The first-order valence-electron chi connectivity index (χ1n) is 32.9. The SMILES string of the molecule is c1ccc(N(c2ccc(-c3cc(-c4ccc(N(c5ccccc5)c5ccc6c(c5)C(c5ccccc5)(c5ccccc5)c5ccccc5-6)cc4)c4c(c3)c3ccccc3n4-c3ccccc3)cc2)c2ccc3c(c2)C(c2ccccc2)(c2ccccc2)c2ccccc2-3)cc1. The number of para-hydroxylation sites is 4. The molecular formula is C92H63N3. The first kappa shape index (κ1) is 55.5. The second kappa shape index (κ2) is 22.8. The van der Waals surface area contributed by atoms with Crippen LogP contribution in [0.4, 0.5) is 34.1 Å². The second-order valence-corrected chi connectivity index (χ2v) is 25.1. The van der Waals surface area contributed by atoms with Gasteiger partial charge in [-0.3, -0.25) is 0 Å². The number of anilines is 6. The molecule has 15 aromatic carbocycles. The van der Waals surface area contributed by atoms with Gasteiger partial charge in [-0.1, -0.05) is 279 Å². The van der Waals surface area contributed by atoms with Crippen LogP contribution in [-0.4, -0.2) is 4.57 Å². The number of rotatable bonds is 13. The van der Waals surface area contributed by atoms with E-state index in [1.54, 1.807) is 0 Å². The monoisotopic (exact) mass is 1210 g/mol. The van der Waals surface area contributed by atoms with Crippen LogP contribution in [0.1, 0.15) is 44.5 Å². The van der Waals surface area contributed by atoms with Crippen molar-refractivity contribution < 1.29 is 0 Å². The molecule has 0 unspecified atom stereocenters. The fourth-order valence-electron chi connectivity index (χ4n) is 16.1. The van der Waals surface area contributed by atoms with Gasteiger partial charge < -0.3 is 14.4 Å². The molecule has 95 heavy (non-hydrogen) atoms. The smallest absolute Gasteiger partial charge is 0.0714 e. The van der Waals surface area contributed by atoms with Gasteiger partial charge in [0.15, 0.2) is 0 Å². The molecule has 16 aromatic rings. The van der Waals surface area contributed by atoms with Crippen LogP contribution in [0.3, 0.4) is 0 Å². The number of benzene rings is 15. The van der Waals surface area contributed by atoms with E-state index in [9.17, 15) is 0 Å². The summed E-state index contributed by atoms with van der Waals surface area (Å²) in [6.45, 7) is 0. The standard InChI is InChI=1S/C92H63N3/c1-8-28-67(29-9-1)91(68-30-10-2-11-31-68)85-45-25-22-42-78(85)80-58-56-76(62-87(80)91)93(71-36-16-5-17-37-71)74-52-48-64(49-53-74)66-60-83(90-84(61-66)82-44-24-27-47-89(82)95(90)73-40-20-7-21-41-73)65-50-54-75(55-51-65)94(72-38-18-6-19-39-72)77-57-59-81-79-43-23-26-46-86(79)92(88(81)63-77,69-32-12-3-13-33-69)70-34-14-4-15-35-70/h1-63H. The third-order valence-electron chi connectivity index (χ3n) is 20.1. The number of hydrogen-bond donors (Lipinski definition) is 0. The predicted molar refractivity (Wildman–Crippen MR) is 396 cm³/mol. The van der Waals surface area contributed by atoms with Gasteiger partial charge in [0.1, 0.15) is 0 Å². The normalized spacial score (nSPS) is 13.0. The summed E-state index contributed by atoms with van der Waals surface area (Å²) in [6.07, 6.45) is 0. The molecule has 0 atom stereocenters. The molecule has 0 N–H and O–H groups in total. The maximum atomic E-state index is 2.46. The summed E-state index contributed by atoms with van der Waals surface area (Å²) >= 11 is 0. The Morgan fingerprint density at radius 3 is 1.01 bits per heavy atom. The van der Waals surface area contributed by atoms with E-state index in [0.29, 0.717) is 0 Å². The largest absolute Gasteiger partial charge is 0.310 e. The van der Waals surface area contributed by atoms with E-state index in [4.69, 9.17) is 0 Å². The zero-order chi connectivity index (χ0) is 62.9. The van der Waals surface area contributed by atoms with Crippen LogP contribution in [0, 0.1) is 0 Å². The van der Waals surface area contributed by atoms with Crippen LogP contribution in [-0.2, 0) is 10.8 Å². The number of nitrogens with zero attached hydrogens (tertiary/aromatic N) is 3. The Kier molecular flexibility index (Phi) is 13.3. The van der Waals surface area contributed by atoms with Gasteiger partial charge in [0.05, 0.1) is 21.9 Å². The molecule has 18 rings (SSSR count).